The lowest BCUT2D eigenvalue weighted by molar-refractivity contribution is 0.0968. The molecule has 0 bridgehead atoms. The van der Waals surface area contributed by atoms with Crippen molar-refractivity contribution >= 4 is 23.1 Å². The molecular weight excluding hydrogens is 398 g/mol. The zero-order valence-electron chi connectivity index (χ0n) is 17.4. The van der Waals surface area contributed by atoms with Gasteiger partial charge in [0.25, 0.3) is 5.56 Å². The van der Waals surface area contributed by atoms with Crippen LogP contribution in [0, 0.1) is 5.92 Å². The van der Waals surface area contributed by atoms with E-state index in [1.165, 1.54) is 4.68 Å². The van der Waals surface area contributed by atoms with Crippen LogP contribution in [0.25, 0.3) is 11.4 Å². The second-order valence-corrected chi connectivity index (χ2v) is 7.75. The minimum Gasteiger partial charge on any atom is -0.396 e. The smallest absolute Gasteiger partial charge is 0.277 e. The number of pyridine rings is 1. The summed E-state index contributed by atoms with van der Waals surface area (Å²) in [6.45, 7) is 2.00. The number of hydrogen-bond acceptors (Lipinski definition) is 8. The molecule has 3 aromatic rings. The van der Waals surface area contributed by atoms with Crippen molar-refractivity contribution < 1.29 is 9.90 Å². The van der Waals surface area contributed by atoms with Gasteiger partial charge in [-0.25, -0.2) is 15.0 Å². The molecular formula is C21H25N7O3. The monoisotopic (exact) mass is 423 g/mol. The second-order valence-electron chi connectivity index (χ2n) is 7.75. The number of carbonyl (C=O) groups excluding carboxylic acids is 1. The molecule has 1 fully saturated rings. The van der Waals surface area contributed by atoms with Crippen molar-refractivity contribution in [3.8, 4) is 11.4 Å². The number of ketones is 1. The van der Waals surface area contributed by atoms with E-state index in [0.29, 0.717) is 40.7 Å². The number of anilines is 3. The summed E-state index contributed by atoms with van der Waals surface area (Å²) in [5, 5.41) is 18.4. The predicted octanol–water partition coefficient (Wildman–Crippen LogP) is 2.08. The maximum Gasteiger partial charge on any atom is 0.277 e. The molecule has 0 aromatic carbocycles. The lowest BCUT2D eigenvalue weighted by Gasteiger charge is -2.18. The lowest BCUT2D eigenvalue weighted by atomic mass is 10.1. The quantitative estimate of drug-likeness (QED) is 0.384. The molecule has 162 valence electrons. The third-order valence-corrected chi connectivity index (χ3v) is 5.17. The predicted molar refractivity (Wildman–Crippen MR) is 116 cm³/mol. The van der Waals surface area contributed by atoms with Crippen LogP contribution in [0.5, 0.6) is 0 Å². The Labute approximate surface area is 178 Å². The highest BCUT2D eigenvalue weighted by molar-refractivity contribution is 6.04. The number of aliphatic hydroxyl groups excluding tert-OH is 1. The number of aliphatic hydroxyl groups is 1. The maximum absolute atomic E-state index is 12.7. The molecule has 0 radical (unpaired) electrons. The zero-order valence-corrected chi connectivity index (χ0v) is 17.4. The number of nitrogens with one attached hydrogen (secondary N) is 3. The summed E-state index contributed by atoms with van der Waals surface area (Å²) in [4.78, 5) is 37.8. The fraction of sp³-hybridized carbons (Fsp3) is 0.381. The Bertz CT molecular complexity index is 1150. The van der Waals surface area contributed by atoms with Crippen LogP contribution < -0.4 is 16.2 Å². The normalized spacial score (nSPS) is 14.3. The van der Waals surface area contributed by atoms with Gasteiger partial charge in [-0.1, -0.05) is 0 Å². The van der Waals surface area contributed by atoms with E-state index < -0.39 is 0 Å². The van der Waals surface area contributed by atoms with Gasteiger partial charge in [0.15, 0.2) is 11.6 Å². The van der Waals surface area contributed by atoms with Crippen LogP contribution in [-0.4, -0.2) is 48.3 Å². The molecule has 0 aliphatic heterocycles. The number of rotatable bonds is 9. The summed E-state index contributed by atoms with van der Waals surface area (Å²) >= 11 is 0. The van der Waals surface area contributed by atoms with E-state index in [4.69, 9.17) is 0 Å². The van der Waals surface area contributed by atoms with Crippen LogP contribution in [0.2, 0.25) is 0 Å². The summed E-state index contributed by atoms with van der Waals surface area (Å²) in [6.07, 6.45) is 7.07. The zero-order chi connectivity index (χ0) is 22.0. The molecule has 1 aliphatic rings. The molecule has 1 atom stereocenters. The van der Waals surface area contributed by atoms with Gasteiger partial charge in [0.05, 0.1) is 11.3 Å². The third kappa shape index (κ3) is 4.64. The highest BCUT2D eigenvalue weighted by Gasteiger charge is 2.32. The second kappa shape index (κ2) is 8.68. The molecule has 0 unspecified atom stereocenters. The first-order valence-electron chi connectivity index (χ1n) is 10.2. The molecule has 31 heavy (non-hydrogen) atoms. The van der Waals surface area contributed by atoms with Crippen molar-refractivity contribution in [3.63, 3.8) is 0 Å². The summed E-state index contributed by atoms with van der Waals surface area (Å²) in [7, 11) is 1.62. The number of aryl methyl sites for hydroxylation is 1. The SMILES string of the molecule is C[C@@H](CCO)Nc1cc(Nc2ccnc(-c3c[nH]n(C)c3=O)n2)ncc1C(=O)C1CC1. The van der Waals surface area contributed by atoms with Crippen molar-refractivity contribution in [2.75, 3.05) is 17.2 Å². The van der Waals surface area contributed by atoms with Crippen LogP contribution in [0.4, 0.5) is 17.3 Å². The Kier molecular flexibility index (Phi) is 5.81. The fourth-order valence-electron chi connectivity index (χ4n) is 3.25. The number of Topliss-reactive ketones (excluding diaryl/α,β-unsaturated/α-hetero) is 1. The number of aromatic amines is 1. The van der Waals surface area contributed by atoms with Crippen LogP contribution >= 0.6 is 0 Å². The van der Waals surface area contributed by atoms with E-state index in [1.807, 2.05) is 6.92 Å². The number of carbonyl (C=O) groups is 1. The molecule has 3 aromatic heterocycles. The minimum atomic E-state index is -0.220. The van der Waals surface area contributed by atoms with Gasteiger partial charge < -0.3 is 20.8 Å². The Morgan fingerprint density at radius 2 is 2.16 bits per heavy atom. The standard InChI is InChI=1S/C21H25N7O3/c1-12(6-8-29)25-16-9-18(23-10-14(16)19(30)13-3-4-13)26-17-5-7-22-20(27-17)15-11-24-28(2)21(15)31/h5,7,9-13,24,29H,3-4,6,8H2,1-2H3,(H2,22,23,25,26,27)/t12-/m0/s1. The van der Waals surface area contributed by atoms with Crippen LogP contribution in [0.3, 0.4) is 0 Å². The van der Waals surface area contributed by atoms with Gasteiger partial charge in [-0.2, -0.15) is 0 Å². The van der Waals surface area contributed by atoms with Crippen LogP contribution in [0.15, 0.2) is 35.5 Å². The van der Waals surface area contributed by atoms with E-state index >= 15 is 0 Å². The van der Waals surface area contributed by atoms with Crippen molar-refractivity contribution in [1.82, 2.24) is 24.7 Å². The van der Waals surface area contributed by atoms with E-state index in [2.05, 4.69) is 30.7 Å². The molecule has 1 saturated carbocycles. The third-order valence-electron chi connectivity index (χ3n) is 5.17. The molecule has 0 saturated heterocycles. The highest BCUT2D eigenvalue weighted by Crippen LogP contribution is 2.35. The van der Waals surface area contributed by atoms with E-state index in [1.54, 1.807) is 37.8 Å². The highest BCUT2D eigenvalue weighted by atomic mass is 16.3. The summed E-state index contributed by atoms with van der Waals surface area (Å²) in [5.41, 5.74) is 1.37. The maximum atomic E-state index is 12.7. The largest absolute Gasteiger partial charge is 0.396 e. The average Bonchev–Trinajstić information content (AvgIpc) is 3.54. The van der Waals surface area contributed by atoms with Crippen LogP contribution in [-0.2, 0) is 7.05 Å². The Hall–Kier alpha value is -3.53. The molecule has 4 rings (SSSR count). The van der Waals surface area contributed by atoms with Crippen molar-refractivity contribution in [1.29, 1.82) is 0 Å². The fourth-order valence-corrected chi connectivity index (χ4v) is 3.25. The van der Waals surface area contributed by atoms with E-state index in [-0.39, 0.29) is 29.9 Å². The first-order chi connectivity index (χ1) is 15.0. The van der Waals surface area contributed by atoms with Gasteiger partial charge in [0.2, 0.25) is 0 Å². The van der Waals surface area contributed by atoms with E-state index in [0.717, 1.165) is 12.8 Å². The number of hydrogen-bond donors (Lipinski definition) is 4. The first kappa shape index (κ1) is 20.7. The Balaban J connectivity index is 1.61. The van der Waals surface area contributed by atoms with Crippen molar-refractivity contribution in [2.24, 2.45) is 13.0 Å². The molecule has 3 heterocycles. The first-order valence-corrected chi connectivity index (χ1v) is 10.2. The van der Waals surface area contributed by atoms with Gasteiger partial charge in [-0.05, 0) is 32.3 Å². The molecule has 0 spiro atoms. The minimum absolute atomic E-state index is 0.0125. The van der Waals surface area contributed by atoms with E-state index in [9.17, 15) is 14.7 Å². The van der Waals surface area contributed by atoms with Crippen molar-refractivity contribution in [3.05, 3.63) is 46.6 Å². The average molecular weight is 423 g/mol. The summed E-state index contributed by atoms with van der Waals surface area (Å²) < 4.78 is 1.35. The van der Waals surface area contributed by atoms with Gasteiger partial charge in [0, 0.05) is 50.3 Å². The van der Waals surface area contributed by atoms with Crippen LogP contribution in [0.1, 0.15) is 36.5 Å². The number of aromatic nitrogens is 5. The Morgan fingerprint density at radius 3 is 2.84 bits per heavy atom. The molecule has 1 aliphatic carbocycles. The van der Waals surface area contributed by atoms with Gasteiger partial charge in [-0.15, -0.1) is 0 Å². The van der Waals surface area contributed by atoms with Gasteiger partial charge >= 0.3 is 0 Å². The summed E-state index contributed by atoms with van der Waals surface area (Å²) in [5.74, 6) is 1.42. The van der Waals surface area contributed by atoms with Gasteiger partial charge in [-0.3, -0.25) is 14.3 Å². The molecule has 0 amide bonds. The molecule has 4 N–H and O–H groups in total. The Morgan fingerprint density at radius 1 is 1.35 bits per heavy atom. The number of nitrogens with zero attached hydrogens (tertiary/aromatic N) is 4. The molecule has 10 heteroatoms. The molecule has 10 nitrogen and oxygen atoms in total. The topological polar surface area (TPSA) is 138 Å². The van der Waals surface area contributed by atoms with Crippen molar-refractivity contribution in [2.45, 2.75) is 32.2 Å². The lowest BCUT2D eigenvalue weighted by Crippen LogP contribution is -2.19. The number of H-pyrrole nitrogens is 1. The summed E-state index contributed by atoms with van der Waals surface area (Å²) in [6, 6.07) is 3.43. The van der Waals surface area contributed by atoms with Gasteiger partial charge in [0.1, 0.15) is 17.2 Å².